The summed E-state index contributed by atoms with van der Waals surface area (Å²) in [5, 5.41) is 0. The molecule has 0 radical (unpaired) electrons. The number of carbonyl (C=O) groups excluding carboxylic acids is 4. The van der Waals surface area contributed by atoms with Crippen molar-refractivity contribution in [1.29, 1.82) is 0 Å². The Labute approximate surface area is 103 Å². The van der Waals surface area contributed by atoms with E-state index in [4.69, 9.17) is 0 Å². The van der Waals surface area contributed by atoms with Crippen molar-refractivity contribution in [3.8, 4) is 0 Å². The van der Waals surface area contributed by atoms with E-state index in [1.165, 1.54) is 13.8 Å². The highest BCUT2D eigenvalue weighted by atomic mass is 19.4. The van der Waals surface area contributed by atoms with Gasteiger partial charge in [0.25, 0.3) is 0 Å². The Kier molecular flexibility index (Phi) is 8.94. The van der Waals surface area contributed by atoms with Gasteiger partial charge in [0.1, 0.15) is 17.3 Å². The normalized spacial score (nSPS) is 10.1. The minimum absolute atomic E-state index is 0.0835. The summed E-state index contributed by atoms with van der Waals surface area (Å²) in [6.07, 6.45) is -5.13. The molecule has 0 amide bonds. The lowest BCUT2D eigenvalue weighted by molar-refractivity contribution is -0.171. The molecule has 0 aliphatic carbocycles. The van der Waals surface area contributed by atoms with Crippen LogP contribution in [0.15, 0.2) is 0 Å². The van der Waals surface area contributed by atoms with Gasteiger partial charge in [-0.1, -0.05) is 0 Å². The molecular formula is C11H15F3O4. The van der Waals surface area contributed by atoms with Gasteiger partial charge in [0, 0.05) is 12.8 Å². The molecule has 0 aliphatic rings. The summed E-state index contributed by atoms with van der Waals surface area (Å²) in [6, 6.07) is 0. The summed E-state index contributed by atoms with van der Waals surface area (Å²) in [7, 11) is 0. The van der Waals surface area contributed by atoms with Crippen LogP contribution in [0.25, 0.3) is 0 Å². The van der Waals surface area contributed by atoms with E-state index in [0.717, 1.165) is 6.92 Å². The van der Waals surface area contributed by atoms with E-state index in [2.05, 4.69) is 0 Å². The fourth-order valence-electron chi connectivity index (χ4n) is 0.678. The maximum absolute atomic E-state index is 11.3. The minimum atomic E-state index is -4.87. The van der Waals surface area contributed by atoms with Gasteiger partial charge < -0.3 is 9.59 Å². The lowest BCUT2D eigenvalue weighted by atomic mass is 10.2. The molecule has 0 saturated carbocycles. The Balaban J connectivity index is 0. The Hall–Kier alpha value is -1.53. The molecule has 0 atom stereocenters. The van der Waals surface area contributed by atoms with Crippen LogP contribution < -0.4 is 0 Å². The second-order valence-corrected chi connectivity index (χ2v) is 3.70. The lowest BCUT2D eigenvalue weighted by Crippen LogP contribution is -2.24. The van der Waals surface area contributed by atoms with Gasteiger partial charge in [-0.05, 0) is 20.8 Å². The molecule has 7 heteroatoms. The first-order valence-corrected chi connectivity index (χ1v) is 5.05. The highest BCUT2D eigenvalue weighted by Gasteiger charge is 2.38. The van der Waals surface area contributed by atoms with E-state index < -0.39 is 24.2 Å². The predicted molar refractivity (Wildman–Crippen MR) is 57.0 cm³/mol. The Morgan fingerprint density at radius 2 is 1.11 bits per heavy atom. The van der Waals surface area contributed by atoms with Crippen molar-refractivity contribution in [3.05, 3.63) is 0 Å². The van der Waals surface area contributed by atoms with Crippen molar-refractivity contribution >= 4 is 23.1 Å². The van der Waals surface area contributed by atoms with Crippen molar-refractivity contribution in [2.24, 2.45) is 0 Å². The van der Waals surface area contributed by atoms with Crippen LogP contribution in [-0.4, -0.2) is 29.3 Å². The first-order valence-electron chi connectivity index (χ1n) is 5.05. The molecular weight excluding hydrogens is 253 g/mol. The highest BCUT2D eigenvalue weighted by Crippen LogP contribution is 2.17. The molecule has 0 N–H and O–H groups in total. The average Bonchev–Trinajstić information content (AvgIpc) is 2.13. The monoisotopic (exact) mass is 268 g/mol. The summed E-state index contributed by atoms with van der Waals surface area (Å²) in [6.45, 7) is 3.91. The molecule has 0 rings (SSSR count). The van der Waals surface area contributed by atoms with Crippen molar-refractivity contribution in [2.75, 3.05) is 0 Å². The van der Waals surface area contributed by atoms with E-state index in [9.17, 15) is 32.3 Å². The van der Waals surface area contributed by atoms with Crippen LogP contribution in [0.3, 0.4) is 0 Å². The summed E-state index contributed by atoms with van der Waals surface area (Å²) >= 11 is 0. The largest absolute Gasteiger partial charge is 0.450 e. The van der Waals surface area contributed by atoms with Gasteiger partial charge in [0.15, 0.2) is 0 Å². The predicted octanol–water partition coefficient (Wildman–Crippen LogP) is 2.04. The van der Waals surface area contributed by atoms with Crippen molar-refractivity contribution in [1.82, 2.24) is 0 Å². The van der Waals surface area contributed by atoms with Gasteiger partial charge in [-0.3, -0.25) is 9.59 Å². The highest BCUT2D eigenvalue weighted by molar-refractivity contribution is 6.00. The van der Waals surface area contributed by atoms with E-state index >= 15 is 0 Å². The maximum Gasteiger partial charge on any atom is 0.450 e. The van der Waals surface area contributed by atoms with Gasteiger partial charge in [-0.15, -0.1) is 0 Å². The molecule has 0 bridgehead atoms. The van der Waals surface area contributed by atoms with Crippen LogP contribution >= 0.6 is 0 Å². The molecule has 0 aliphatic heterocycles. The lowest BCUT2D eigenvalue weighted by Gasteiger charge is -2.00. The summed E-state index contributed by atoms with van der Waals surface area (Å²) in [5.41, 5.74) is 0. The number of hydrogen-bond acceptors (Lipinski definition) is 4. The zero-order chi connectivity index (χ0) is 14.9. The molecule has 0 fully saturated rings. The Morgan fingerprint density at radius 1 is 0.778 bits per heavy atom. The summed E-state index contributed by atoms with van der Waals surface area (Å²) in [4.78, 5) is 40.3. The fourth-order valence-corrected chi connectivity index (χ4v) is 0.678. The van der Waals surface area contributed by atoms with Gasteiger partial charge in [-0.2, -0.15) is 13.2 Å². The molecule has 18 heavy (non-hydrogen) atoms. The quantitative estimate of drug-likeness (QED) is 0.715. The molecule has 0 saturated heterocycles. The molecule has 4 nitrogen and oxygen atoms in total. The molecule has 0 aromatic heterocycles. The van der Waals surface area contributed by atoms with Crippen molar-refractivity contribution in [2.45, 2.75) is 46.2 Å². The van der Waals surface area contributed by atoms with Crippen LogP contribution in [0.2, 0.25) is 0 Å². The number of hydrogen-bond donors (Lipinski definition) is 0. The van der Waals surface area contributed by atoms with E-state index in [0.29, 0.717) is 12.8 Å². The van der Waals surface area contributed by atoms with Gasteiger partial charge in [0.2, 0.25) is 5.78 Å². The molecule has 0 unspecified atom stereocenters. The van der Waals surface area contributed by atoms with E-state index in [-0.39, 0.29) is 11.6 Å². The third-order valence-electron chi connectivity index (χ3n) is 1.55. The number of Topliss-reactive ketones (excluding diaryl/α,β-unsaturated/α-hetero) is 4. The number of alkyl halides is 3. The third-order valence-corrected chi connectivity index (χ3v) is 1.55. The Morgan fingerprint density at radius 3 is 1.22 bits per heavy atom. The number of ketones is 4. The van der Waals surface area contributed by atoms with Gasteiger partial charge >= 0.3 is 6.18 Å². The zero-order valence-corrected chi connectivity index (χ0v) is 10.4. The summed E-state index contributed by atoms with van der Waals surface area (Å²) < 4.78 is 33.9. The topological polar surface area (TPSA) is 68.3 Å². The van der Waals surface area contributed by atoms with E-state index in [1.807, 2.05) is 0 Å². The number of rotatable bonds is 5. The zero-order valence-electron chi connectivity index (χ0n) is 10.4. The van der Waals surface area contributed by atoms with Gasteiger partial charge in [0.05, 0.1) is 6.42 Å². The average molecular weight is 268 g/mol. The standard InChI is InChI=1S/C6H10O2.C5H5F3O2/c1-5(7)3-4-6(2)8;1-3(9)2-4(10)5(6,7)8/h3-4H2,1-2H3;2H2,1H3. The van der Waals surface area contributed by atoms with Crippen molar-refractivity contribution in [3.63, 3.8) is 0 Å². The Bertz CT molecular complexity index is 318. The number of carbonyl (C=O) groups is 4. The van der Waals surface area contributed by atoms with Crippen LogP contribution in [0.4, 0.5) is 13.2 Å². The first-order chi connectivity index (χ1) is 7.96. The molecule has 0 spiro atoms. The van der Waals surface area contributed by atoms with E-state index in [1.54, 1.807) is 0 Å². The number of halogens is 3. The molecule has 0 aromatic rings. The first kappa shape index (κ1) is 18.8. The SMILES string of the molecule is CC(=O)CC(=O)C(F)(F)F.CC(=O)CCC(C)=O. The fraction of sp³-hybridized carbons (Fsp3) is 0.636. The molecule has 104 valence electrons. The van der Waals surface area contributed by atoms with Crippen LogP contribution in [0.5, 0.6) is 0 Å². The third kappa shape index (κ3) is 14.5. The summed E-state index contributed by atoms with van der Waals surface area (Å²) in [5.74, 6) is -2.59. The van der Waals surface area contributed by atoms with Crippen LogP contribution in [0, 0.1) is 0 Å². The van der Waals surface area contributed by atoms with Crippen LogP contribution in [-0.2, 0) is 19.2 Å². The second kappa shape index (κ2) is 8.54. The van der Waals surface area contributed by atoms with Gasteiger partial charge in [-0.25, -0.2) is 0 Å². The van der Waals surface area contributed by atoms with Crippen molar-refractivity contribution < 1.29 is 32.3 Å². The maximum atomic E-state index is 11.3. The minimum Gasteiger partial charge on any atom is -0.300 e. The second-order valence-electron chi connectivity index (χ2n) is 3.70. The molecule has 0 heterocycles. The smallest absolute Gasteiger partial charge is 0.300 e. The molecule has 0 aromatic carbocycles. The van der Waals surface area contributed by atoms with Crippen LogP contribution in [0.1, 0.15) is 40.0 Å².